The van der Waals surface area contributed by atoms with Crippen LogP contribution in [0.3, 0.4) is 0 Å². The van der Waals surface area contributed by atoms with Gasteiger partial charge in [0.25, 0.3) is 11.8 Å². The number of fused-ring (bicyclic) bond motifs is 1. The quantitative estimate of drug-likeness (QED) is 0.0211. The monoisotopic (exact) mass is 1140 g/mol. The number of amides is 8. The number of ether oxygens (including phenoxy) is 6. The summed E-state index contributed by atoms with van der Waals surface area (Å²) >= 11 is 0. The number of anilines is 1. The molecule has 10 N–H and O–H groups in total. The highest BCUT2D eigenvalue weighted by molar-refractivity contribution is 6.12. The molecule has 2 atom stereocenters. The molecule has 82 heavy (non-hydrogen) atoms. The van der Waals surface area contributed by atoms with Gasteiger partial charge >= 0.3 is 12.1 Å². The van der Waals surface area contributed by atoms with Gasteiger partial charge in [-0.15, -0.1) is 0 Å². The molecule has 0 saturated carbocycles. The summed E-state index contributed by atoms with van der Waals surface area (Å²) < 4.78 is 33.2. The number of aromatic nitrogens is 5. The van der Waals surface area contributed by atoms with Crippen LogP contribution in [0.5, 0.6) is 5.88 Å². The zero-order chi connectivity index (χ0) is 58.6. The van der Waals surface area contributed by atoms with Crippen molar-refractivity contribution in [1.29, 1.82) is 0 Å². The van der Waals surface area contributed by atoms with E-state index in [1.807, 2.05) is 43.3 Å². The number of primary amides is 1. The Labute approximate surface area is 474 Å². The third-order valence-electron chi connectivity index (χ3n) is 12.4. The van der Waals surface area contributed by atoms with E-state index >= 15 is 0 Å². The molecule has 1 aliphatic rings. The molecular weight excluding hydrogens is 1060 g/mol. The van der Waals surface area contributed by atoms with Gasteiger partial charge in [0.05, 0.1) is 107 Å². The minimum atomic E-state index is -1.05. The van der Waals surface area contributed by atoms with Crippen LogP contribution < -0.4 is 42.8 Å². The number of imidazole rings is 1. The van der Waals surface area contributed by atoms with Crippen molar-refractivity contribution >= 4 is 58.4 Å². The molecule has 0 bridgehead atoms. The number of H-pyrrole nitrogens is 1. The van der Waals surface area contributed by atoms with Crippen molar-refractivity contribution in [2.45, 2.75) is 78.1 Å². The number of hydrogen-bond acceptors (Lipinski definition) is 18. The summed E-state index contributed by atoms with van der Waals surface area (Å²) in [7, 11) is 0. The van der Waals surface area contributed by atoms with E-state index in [9.17, 15) is 33.6 Å². The first-order valence-electron chi connectivity index (χ1n) is 27.1. The van der Waals surface area contributed by atoms with Crippen LogP contribution in [-0.2, 0) is 60.8 Å². The molecule has 6 rings (SSSR count). The topological polar surface area (TPSA) is 358 Å². The number of benzene rings is 2. The number of aryl methyl sites for hydroxylation is 1. The van der Waals surface area contributed by atoms with E-state index in [4.69, 9.17) is 44.9 Å². The normalized spacial score (nSPS) is 12.8. The van der Waals surface area contributed by atoms with Crippen molar-refractivity contribution in [3.63, 3.8) is 0 Å². The predicted octanol–water partition coefficient (Wildman–Crippen LogP) is 3.33. The summed E-state index contributed by atoms with van der Waals surface area (Å²) in [5.41, 5.74) is 17.4. The summed E-state index contributed by atoms with van der Waals surface area (Å²) in [5.74, 6) is -1.61. The van der Waals surface area contributed by atoms with Gasteiger partial charge in [-0.05, 0) is 80.5 Å². The highest BCUT2D eigenvalue weighted by Crippen LogP contribution is 2.31. The van der Waals surface area contributed by atoms with Crippen LogP contribution >= 0.6 is 0 Å². The molecule has 440 valence electrons. The Kier molecular flexibility index (Phi) is 25.5. The van der Waals surface area contributed by atoms with Crippen molar-refractivity contribution in [3.05, 3.63) is 96.1 Å². The largest absolute Gasteiger partial charge is 0.477 e. The lowest BCUT2D eigenvalue weighted by atomic mass is 10.0. The fourth-order valence-corrected chi connectivity index (χ4v) is 8.08. The Morgan fingerprint density at radius 1 is 0.732 bits per heavy atom. The molecular formula is C56H73N13O13. The van der Waals surface area contributed by atoms with E-state index in [0.717, 1.165) is 27.5 Å². The number of unbranched alkanes of at least 4 members (excludes halogenated alkanes) is 1. The minimum absolute atomic E-state index is 0.0322. The van der Waals surface area contributed by atoms with Gasteiger partial charge in [0, 0.05) is 48.6 Å². The molecule has 1 aliphatic heterocycles. The lowest BCUT2D eigenvalue weighted by Crippen LogP contribution is -2.54. The van der Waals surface area contributed by atoms with Crippen LogP contribution in [0.25, 0.3) is 33.7 Å². The summed E-state index contributed by atoms with van der Waals surface area (Å²) in [6.07, 6.45) is 5.02. The summed E-state index contributed by atoms with van der Waals surface area (Å²) in [6, 6.07) is 15.4. The van der Waals surface area contributed by atoms with Gasteiger partial charge in [0.2, 0.25) is 23.6 Å². The third-order valence-corrected chi connectivity index (χ3v) is 12.4. The van der Waals surface area contributed by atoms with Crippen LogP contribution in [0.1, 0.15) is 63.0 Å². The van der Waals surface area contributed by atoms with Crippen molar-refractivity contribution in [2.24, 2.45) is 17.4 Å². The Hall–Kier alpha value is -8.43. The van der Waals surface area contributed by atoms with Crippen LogP contribution in [0.2, 0.25) is 0 Å². The van der Waals surface area contributed by atoms with Gasteiger partial charge < -0.3 is 71.5 Å². The Morgan fingerprint density at radius 3 is 2.11 bits per heavy atom. The van der Waals surface area contributed by atoms with Gasteiger partial charge in [-0.25, -0.2) is 24.5 Å². The average molecular weight is 1140 g/mol. The van der Waals surface area contributed by atoms with E-state index in [-0.39, 0.29) is 83.2 Å². The maximum absolute atomic E-state index is 13.6. The maximum Gasteiger partial charge on any atom is 0.407 e. The van der Waals surface area contributed by atoms with Gasteiger partial charge in [0.15, 0.2) is 0 Å². The number of nitrogens with zero attached hydrogens (tertiary/aromatic N) is 5. The van der Waals surface area contributed by atoms with Gasteiger partial charge in [-0.1, -0.05) is 38.1 Å². The molecule has 5 aromatic rings. The summed E-state index contributed by atoms with van der Waals surface area (Å²) in [5, 5.41) is 13.5. The molecule has 0 spiro atoms. The molecule has 26 heteroatoms. The number of rotatable bonds is 36. The molecule has 3 aromatic heterocycles. The van der Waals surface area contributed by atoms with E-state index in [1.54, 1.807) is 44.3 Å². The molecule has 4 heterocycles. The lowest BCUT2D eigenvalue weighted by Gasteiger charge is -2.25. The predicted molar refractivity (Wildman–Crippen MR) is 300 cm³/mol. The zero-order valence-electron chi connectivity index (χ0n) is 46.4. The average Bonchev–Trinajstić information content (AvgIpc) is 4.06. The standard InChI is InChI=1S/C56H73N13O13/c1-36(2)50(68-46(70)19-24-77-26-28-79-30-31-80-29-27-78-25-22-69-48(71)17-18-49(69)72)54(74)65-43(10-7-21-59-55(58)75)53(73)63-40-14-11-38(12-15-40)35-82-56(76)60-20-4-5-23-81-47-34-61-41-16-13-39(32-44(41)64-47)51-52(67-45(33-57)66-51)42-9-6-8-37(3)62-42/h6,8-9,11-18,32,34,36,43,50H,4-5,7,10,19-31,33,35,57H2,1-3H3,(H,60,76)(H,63,73)(H,65,74)(H,66,67)(H,68,70)(H3,58,59,75)/t43?,50-/m0/s1. The number of alkyl carbamates (subject to hydrolysis) is 1. The first kappa shape index (κ1) is 62.8. The van der Waals surface area contributed by atoms with Gasteiger partial charge in [-0.3, -0.25) is 33.9 Å². The fraction of sp³-hybridized carbons (Fsp3) is 0.446. The SMILES string of the molecule is Cc1cccc(-c2[nH]c(CN)nc2-c2ccc3ncc(OCCCCNC(=O)OCc4ccc(NC(=O)C(CCCNC(N)=O)NC(=O)[C@@H](NC(=O)CCOCCOCCOCCOCCN5C(=O)C=CC5=O)C(C)C)cc4)nc3c2)n1. The second kappa shape index (κ2) is 33.4. The Morgan fingerprint density at radius 2 is 1.43 bits per heavy atom. The molecule has 0 aliphatic carbocycles. The molecule has 1 unspecified atom stereocenters. The number of pyridine rings is 1. The number of nitrogens with two attached hydrogens (primary N) is 2. The van der Waals surface area contributed by atoms with Crippen molar-refractivity contribution in [3.8, 4) is 28.5 Å². The number of aromatic amines is 1. The number of urea groups is 1. The molecule has 0 saturated heterocycles. The smallest absolute Gasteiger partial charge is 0.407 e. The molecule has 0 fully saturated rings. The highest BCUT2D eigenvalue weighted by atomic mass is 16.6. The van der Waals surface area contributed by atoms with Crippen molar-refractivity contribution < 1.29 is 62.0 Å². The second-order valence-corrected chi connectivity index (χ2v) is 19.1. The summed E-state index contributed by atoms with van der Waals surface area (Å²) in [4.78, 5) is 110. The number of nitrogens with one attached hydrogen (secondary N) is 6. The van der Waals surface area contributed by atoms with Crippen LogP contribution in [0, 0.1) is 12.8 Å². The lowest BCUT2D eigenvalue weighted by molar-refractivity contribution is -0.137. The number of imide groups is 1. The molecule has 8 amide bonds. The maximum atomic E-state index is 13.6. The minimum Gasteiger partial charge on any atom is -0.477 e. The van der Waals surface area contributed by atoms with Crippen LogP contribution in [0.15, 0.2) is 79.0 Å². The van der Waals surface area contributed by atoms with Gasteiger partial charge in [-0.2, -0.15) is 0 Å². The van der Waals surface area contributed by atoms with E-state index in [0.29, 0.717) is 98.5 Å². The van der Waals surface area contributed by atoms with E-state index in [1.165, 1.54) is 12.2 Å². The first-order valence-corrected chi connectivity index (χ1v) is 27.1. The van der Waals surface area contributed by atoms with Crippen LogP contribution in [-0.4, -0.2) is 163 Å². The molecule has 2 aromatic carbocycles. The van der Waals surface area contributed by atoms with Crippen molar-refractivity contribution in [1.82, 2.24) is 51.1 Å². The Bertz CT molecular complexity index is 2940. The van der Waals surface area contributed by atoms with Crippen molar-refractivity contribution in [2.75, 3.05) is 84.4 Å². The van der Waals surface area contributed by atoms with E-state index < -0.39 is 41.9 Å². The van der Waals surface area contributed by atoms with Gasteiger partial charge in [0.1, 0.15) is 24.5 Å². The number of carbonyl (C=O) groups is 7. The Balaban J connectivity index is 0.851. The van der Waals surface area contributed by atoms with Crippen LogP contribution in [0.4, 0.5) is 15.3 Å². The number of hydrogen-bond donors (Lipinski definition) is 8. The summed E-state index contributed by atoms with van der Waals surface area (Å²) in [6.45, 7) is 8.64. The van der Waals surface area contributed by atoms with E-state index in [2.05, 4.69) is 46.5 Å². The zero-order valence-corrected chi connectivity index (χ0v) is 46.4. The third kappa shape index (κ3) is 20.9. The highest BCUT2D eigenvalue weighted by Gasteiger charge is 2.29. The fourth-order valence-electron chi connectivity index (χ4n) is 8.08. The molecule has 26 nitrogen and oxygen atoms in total. The first-order chi connectivity index (χ1) is 39.7. The second-order valence-electron chi connectivity index (χ2n) is 19.1. The molecule has 0 radical (unpaired) electrons. The number of carbonyl (C=O) groups excluding carboxylic acids is 7.